The maximum Gasteiger partial charge on any atom is 0.153 e. The van der Waals surface area contributed by atoms with E-state index < -0.39 is 9.84 Å². The van der Waals surface area contributed by atoms with Gasteiger partial charge in [-0.1, -0.05) is 6.92 Å². The largest absolute Gasteiger partial charge is 0.376 e. The van der Waals surface area contributed by atoms with Crippen LogP contribution in [0.25, 0.3) is 0 Å². The van der Waals surface area contributed by atoms with Gasteiger partial charge in [0, 0.05) is 25.7 Å². The van der Waals surface area contributed by atoms with E-state index >= 15 is 0 Å². The summed E-state index contributed by atoms with van der Waals surface area (Å²) < 4.78 is 28.7. The normalized spacial score (nSPS) is 33.4. The van der Waals surface area contributed by atoms with E-state index in [1.807, 2.05) is 0 Å². The zero-order valence-electron chi connectivity index (χ0n) is 11.1. The quantitative estimate of drug-likeness (QED) is 0.775. The molecule has 106 valence electrons. The van der Waals surface area contributed by atoms with Crippen molar-refractivity contribution >= 4 is 9.84 Å². The Balaban J connectivity index is 1.74. The molecule has 0 amide bonds. The molecule has 0 aliphatic carbocycles. The smallest absolute Gasteiger partial charge is 0.153 e. The lowest BCUT2D eigenvalue weighted by Crippen LogP contribution is -2.48. The molecule has 2 heterocycles. The highest BCUT2D eigenvalue weighted by molar-refractivity contribution is 7.91. The number of sulfone groups is 1. The van der Waals surface area contributed by atoms with Crippen LogP contribution in [0.5, 0.6) is 0 Å². The molecule has 0 aromatic rings. The number of hydrogen-bond donors (Lipinski definition) is 1. The van der Waals surface area contributed by atoms with E-state index in [9.17, 15) is 8.42 Å². The highest BCUT2D eigenvalue weighted by Crippen LogP contribution is 2.11. The highest BCUT2D eigenvalue weighted by atomic mass is 32.2. The van der Waals surface area contributed by atoms with Crippen LogP contribution in [0.2, 0.25) is 0 Å². The maximum atomic E-state index is 11.5. The Morgan fingerprint density at radius 2 is 2.28 bits per heavy atom. The fraction of sp³-hybridized carbons (Fsp3) is 1.00. The van der Waals surface area contributed by atoms with Gasteiger partial charge in [0.1, 0.15) is 0 Å². The summed E-state index contributed by atoms with van der Waals surface area (Å²) in [6, 6.07) is 0.131. The molecule has 6 heteroatoms. The van der Waals surface area contributed by atoms with Crippen molar-refractivity contribution in [2.24, 2.45) is 0 Å². The summed E-state index contributed by atoms with van der Waals surface area (Å²) in [5, 5.41) is 3.30. The number of nitrogens with one attached hydrogen (secondary N) is 1. The number of hydrogen-bond acceptors (Lipinski definition) is 5. The summed E-state index contributed by atoms with van der Waals surface area (Å²) in [5.41, 5.74) is 0. The second-order valence-corrected chi connectivity index (χ2v) is 7.48. The van der Waals surface area contributed by atoms with Crippen molar-refractivity contribution in [3.63, 3.8) is 0 Å². The van der Waals surface area contributed by atoms with Crippen molar-refractivity contribution in [1.82, 2.24) is 10.2 Å². The molecular formula is C12H24N2O3S. The Morgan fingerprint density at radius 3 is 3.00 bits per heavy atom. The minimum absolute atomic E-state index is 0.131. The SMILES string of the molecule is CCC1CN(CCC2CS(=O)(=O)CCN2)CCO1. The Morgan fingerprint density at radius 1 is 1.44 bits per heavy atom. The highest BCUT2D eigenvalue weighted by Gasteiger charge is 2.25. The lowest BCUT2D eigenvalue weighted by atomic mass is 10.2. The molecule has 0 aromatic heterocycles. The van der Waals surface area contributed by atoms with Crippen LogP contribution in [0, 0.1) is 0 Å². The zero-order valence-corrected chi connectivity index (χ0v) is 11.9. The molecule has 0 radical (unpaired) electrons. The topological polar surface area (TPSA) is 58.6 Å². The minimum Gasteiger partial charge on any atom is -0.376 e. The van der Waals surface area contributed by atoms with Gasteiger partial charge in [-0.25, -0.2) is 8.42 Å². The lowest BCUT2D eigenvalue weighted by Gasteiger charge is -2.34. The molecular weight excluding hydrogens is 252 g/mol. The van der Waals surface area contributed by atoms with E-state index in [1.54, 1.807) is 0 Å². The molecule has 2 atom stereocenters. The Kier molecular flexibility index (Phi) is 5.00. The van der Waals surface area contributed by atoms with E-state index in [-0.39, 0.29) is 6.04 Å². The van der Waals surface area contributed by atoms with Gasteiger partial charge in [0.05, 0.1) is 24.2 Å². The van der Waals surface area contributed by atoms with Gasteiger partial charge in [0.2, 0.25) is 0 Å². The molecule has 2 aliphatic heterocycles. The van der Waals surface area contributed by atoms with E-state index in [1.165, 1.54) is 0 Å². The number of rotatable bonds is 4. The Bertz CT molecular complexity index is 358. The van der Waals surface area contributed by atoms with Crippen molar-refractivity contribution < 1.29 is 13.2 Å². The van der Waals surface area contributed by atoms with Crippen LogP contribution >= 0.6 is 0 Å². The number of morpholine rings is 1. The van der Waals surface area contributed by atoms with Crippen LogP contribution in [0.1, 0.15) is 19.8 Å². The van der Waals surface area contributed by atoms with Crippen molar-refractivity contribution in [1.29, 1.82) is 0 Å². The van der Waals surface area contributed by atoms with Crippen LogP contribution in [0.4, 0.5) is 0 Å². The molecule has 2 unspecified atom stereocenters. The van der Waals surface area contributed by atoms with Gasteiger partial charge in [0.15, 0.2) is 9.84 Å². The summed E-state index contributed by atoms with van der Waals surface area (Å²) in [7, 11) is -2.81. The third-order valence-electron chi connectivity index (χ3n) is 3.77. The Labute approximate surface area is 110 Å². The lowest BCUT2D eigenvalue weighted by molar-refractivity contribution is -0.0303. The molecule has 18 heavy (non-hydrogen) atoms. The molecule has 0 spiro atoms. The average Bonchev–Trinajstić information content (AvgIpc) is 2.35. The van der Waals surface area contributed by atoms with Crippen LogP contribution < -0.4 is 5.32 Å². The van der Waals surface area contributed by atoms with Gasteiger partial charge in [-0.15, -0.1) is 0 Å². The molecule has 2 saturated heterocycles. The van der Waals surface area contributed by atoms with Gasteiger partial charge >= 0.3 is 0 Å². The molecule has 0 bridgehead atoms. The molecule has 2 rings (SSSR count). The predicted octanol–water partition coefficient (Wildman–Crippen LogP) is -0.126. The first-order valence-electron chi connectivity index (χ1n) is 6.87. The van der Waals surface area contributed by atoms with Crippen molar-refractivity contribution in [3.05, 3.63) is 0 Å². The second-order valence-electron chi connectivity index (χ2n) is 5.26. The van der Waals surface area contributed by atoms with Crippen LogP contribution in [-0.2, 0) is 14.6 Å². The predicted molar refractivity (Wildman–Crippen MR) is 71.5 cm³/mol. The van der Waals surface area contributed by atoms with Gasteiger partial charge < -0.3 is 10.1 Å². The van der Waals surface area contributed by atoms with Crippen LogP contribution in [0.3, 0.4) is 0 Å². The van der Waals surface area contributed by atoms with Gasteiger partial charge in [-0.2, -0.15) is 0 Å². The molecule has 5 nitrogen and oxygen atoms in total. The summed E-state index contributed by atoms with van der Waals surface area (Å²) in [6.07, 6.45) is 2.31. The van der Waals surface area contributed by atoms with Crippen molar-refractivity contribution in [3.8, 4) is 0 Å². The zero-order chi connectivity index (χ0) is 13.0. The fourth-order valence-corrected chi connectivity index (χ4v) is 4.11. The van der Waals surface area contributed by atoms with Crippen LogP contribution in [-0.4, -0.2) is 69.8 Å². The number of ether oxygens (including phenoxy) is 1. The van der Waals surface area contributed by atoms with E-state index in [4.69, 9.17) is 4.74 Å². The molecule has 0 aromatic carbocycles. The van der Waals surface area contributed by atoms with Crippen LogP contribution in [0.15, 0.2) is 0 Å². The molecule has 0 saturated carbocycles. The van der Waals surface area contributed by atoms with Gasteiger partial charge in [0.25, 0.3) is 0 Å². The van der Waals surface area contributed by atoms with Gasteiger partial charge in [-0.05, 0) is 19.4 Å². The summed E-state index contributed by atoms with van der Waals surface area (Å²) in [4.78, 5) is 2.39. The first-order valence-corrected chi connectivity index (χ1v) is 8.69. The summed E-state index contributed by atoms with van der Waals surface area (Å²) in [6.45, 7) is 6.46. The first kappa shape index (κ1) is 14.2. The molecule has 2 fully saturated rings. The minimum atomic E-state index is -2.81. The second kappa shape index (κ2) is 6.32. The van der Waals surface area contributed by atoms with Gasteiger partial charge in [-0.3, -0.25) is 4.90 Å². The number of nitrogens with zero attached hydrogens (tertiary/aromatic N) is 1. The molecule has 2 aliphatic rings. The average molecular weight is 276 g/mol. The Hall–Kier alpha value is -0.170. The summed E-state index contributed by atoms with van der Waals surface area (Å²) in [5.74, 6) is 0.591. The maximum absolute atomic E-state index is 11.5. The van der Waals surface area contributed by atoms with Crippen molar-refractivity contribution in [2.45, 2.75) is 31.9 Å². The first-order chi connectivity index (χ1) is 8.59. The third kappa shape index (κ3) is 4.19. The fourth-order valence-electron chi connectivity index (χ4n) is 2.62. The van der Waals surface area contributed by atoms with E-state index in [0.29, 0.717) is 24.2 Å². The molecule has 1 N–H and O–H groups in total. The standard InChI is InChI=1S/C12H24N2O3S/c1-2-12-9-14(6-7-17-12)5-3-11-10-18(15,16)8-4-13-11/h11-13H,2-10H2,1H3. The summed E-state index contributed by atoms with van der Waals surface area (Å²) >= 11 is 0. The van der Waals surface area contributed by atoms with E-state index in [2.05, 4.69) is 17.1 Å². The third-order valence-corrected chi connectivity index (χ3v) is 5.51. The van der Waals surface area contributed by atoms with E-state index in [0.717, 1.165) is 39.1 Å². The monoisotopic (exact) mass is 276 g/mol. The van der Waals surface area contributed by atoms with Crippen molar-refractivity contribution in [2.75, 3.05) is 44.3 Å².